The second-order valence-electron chi connectivity index (χ2n) is 15.1. The van der Waals surface area contributed by atoms with Crippen molar-refractivity contribution in [2.75, 3.05) is 0 Å². The Kier molecular flexibility index (Phi) is 6.32. The minimum absolute atomic E-state index is 0.0304. The van der Waals surface area contributed by atoms with Gasteiger partial charge in [0.25, 0.3) is 0 Å². The molecule has 51 heavy (non-hydrogen) atoms. The molecule has 250 valence electrons. The van der Waals surface area contributed by atoms with Crippen LogP contribution in [0.2, 0.25) is 0 Å². The quantitative estimate of drug-likeness (QED) is 0.134. The van der Waals surface area contributed by atoms with Crippen LogP contribution in [0.3, 0.4) is 0 Å². The van der Waals surface area contributed by atoms with Crippen LogP contribution < -0.4 is 0 Å². The lowest BCUT2D eigenvalue weighted by molar-refractivity contribution is -0.110. The number of carbonyl (C=O) groups excluding carboxylic acids is 4. The molecular formula is C44H32O4S3. The van der Waals surface area contributed by atoms with Crippen LogP contribution >= 0.6 is 34.0 Å². The standard InChI is InChI=1S/C44H32O4S3/c45-35-27-13-5-3-11-25(27)29(37(35)47)19-23-21-31-39(49-23)41-33(43(31)15-7-1-8-16-43)34-42(51-41)40-32(44(34)17-9-2-10-18-44)22-24(50-40)20-30-26-12-4-6-14-28(26)36(46)38(30)48/h3-6,11-14,19-22H,1-2,7-10,15-18H2/b29-19-,30-20-. The molecule has 4 nitrogen and oxygen atoms in total. The number of carbonyl (C=O) groups is 4. The van der Waals surface area contributed by atoms with Crippen molar-refractivity contribution in [2.24, 2.45) is 0 Å². The van der Waals surface area contributed by atoms with E-state index < -0.39 is 23.1 Å². The summed E-state index contributed by atoms with van der Waals surface area (Å²) < 4.78 is 0. The number of ketones is 4. The molecule has 0 unspecified atom stereocenters. The lowest BCUT2D eigenvalue weighted by Gasteiger charge is -2.41. The summed E-state index contributed by atoms with van der Waals surface area (Å²) >= 11 is 5.53. The van der Waals surface area contributed by atoms with Crippen LogP contribution in [0.5, 0.6) is 0 Å². The Labute approximate surface area is 307 Å². The molecule has 0 aliphatic heterocycles. The van der Waals surface area contributed by atoms with E-state index in [0.29, 0.717) is 22.3 Å². The van der Waals surface area contributed by atoms with Crippen molar-refractivity contribution in [3.05, 3.63) is 115 Å². The molecule has 2 aromatic carbocycles. The van der Waals surface area contributed by atoms with Gasteiger partial charge in [-0.2, -0.15) is 0 Å². The van der Waals surface area contributed by atoms with Crippen molar-refractivity contribution >= 4 is 80.4 Å². The van der Waals surface area contributed by atoms with E-state index in [1.165, 1.54) is 69.2 Å². The summed E-state index contributed by atoms with van der Waals surface area (Å²) in [7, 11) is 0. The van der Waals surface area contributed by atoms with Crippen LogP contribution in [-0.4, -0.2) is 23.1 Å². The molecule has 0 N–H and O–H groups in total. The van der Waals surface area contributed by atoms with E-state index in [1.807, 2.05) is 59.9 Å². The molecule has 0 bridgehead atoms. The molecule has 7 heteroatoms. The van der Waals surface area contributed by atoms with Crippen LogP contribution in [0.15, 0.2) is 60.7 Å². The summed E-state index contributed by atoms with van der Waals surface area (Å²) in [5, 5.41) is 0. The minimum Gasteiger partial charge on any atom is -0.285 e. The molecule has 2 spiro atoms. The highest BCUT2D eigenvalue weighted by molar-refractivity contribution is 7.27. The summed E-state index contributed by atoms with van der Waals surface area (Å²) in [6, 6.07) is 19.5. The Hall–Kier alpha value is -4.30. The third-order valence-corrected chi connectivity index (χ3v) is 16.3. The van der Waals surface area contributed by atoms with Crippen molar-refractivity contribution in [1.82, 2.24) is 0 Å². The average molecular weight is 721 g/mol. The van der Waals surface area contributed by atoms with Gasteiger partial charge in [0.1, 0.15) is 0 Å². The van der Waals surface area contributed by atoms with Crippen molar-refractivity contribution in [1.29, 1.82) is 0 Å². The van der Waals surface area contributed by atoms with Crippen molar-refractivity contribution in [3.63, 3.8) is 0 Å². The summed E-state index contributed by atoms with van der Waals surface area (Å²) in [6.45, 7) is 0. The van der Waals surface area contributed by atoms with Crippen molar-refractivity contribution in [3.8, 4) is 19.5 Å². The van der Waals surface area contributed by atoms with Crippen LogP contribution in [-0.2, 0) is 20.4 Å². The SMILES string of the molecule is O=C1C(=O)c2ccccc2/C1=C/c1cc2c(s1)-c1sc3c(c1C21CCCCC1)C1(CCCCC1)c1cc(/C=C2\C(=O)C(=O)c4ccccc42)sc1-3. The third kappa shape index (κ3) is 3.89. The summed E-state index contributed by atoms with van der Waals surface area (Å²) in [4.78, 5) is 59.6. The predicted octanol–water partition coefficient (Wildman–Crippen LogP) is 10.9. The molecule has 6 aliphatic carbocycles. The number of benzene rings is 2. The third-order valence-electron chi connectivity index (χ3n) is 12.6. The normalized spacial score (nSPS) is 21.9. The van der Waals surface area contributed by atoms with Gasteiger partial charge in [-0.1, -0.05) is 87.1 Å². The van der Waals surface area contributed by atoms with Crippen LogP contribution in [0.25, 0.3) is 42.8 Å². The Morgan fingerprint density at radius 2 is 0.843 bits per heavy atom. The molecule has 0 saturated heterocycles. The maximum atomic E-state index is 13.2. The highest BCUT2D eigenvalue weighted by Crippen LogP contribution is 2.70. The van der Waals surface area contributed by atoms with Gasteiger partial charge in [-0.25, -0.2) is 0 Å². The number of thiophene rings is 3. The first kappa shape index (κ1) is 30.3. The first-order valence-corrected chi connectivity index (χ1v) is 20.6. The van der Waals surface area contributed by atoms with E-state index in [2.05, 4.69) is 12.1 Å². The molecule has 3 aromatic heterocycles. The molecule has 0 radical (unpaired) electrons. The van der Waals surface area contributed by atoms with Gasteiger partial charge in [-0.05, 0) is 83.3 Å². The number of Topliss-reactive ketones (excluding diaryl/α,β-unsaturated/α-hetero) is 4. The Bertz CT molecular complexity index is 2340. The van der Waals surface area contributed by atoms with E-state index in [0.717, 1.165) is 46.6 Å². The molecule has 0 atom stereocenters. The lowest BCUT2D eigenvalue weighted by atomic mass is 9.61. The summed E-state index contributed by atoms with van der Waals surface area (Å²) in [5.41, 5.74) is 9.51. The molecular weight excluding hydrogens is 689 g/mol. The fraction of sp³-hybridized carbons (Fsp3) is 0.273. The van der Waals surface area contributed by atoms with Gasteiger partial charge in [0.2, 0.25) is 23.1 Å². The van der Waals surface area contributed by atoms with Crippen LogP contribution in [0, 0.1) is 0 Å². The van der Waals surface area contributed by atoms with Gasteiger partial charge in [0.05, 0.1) is 0 Å². The smallest absolute Gasteiger partial charge is 0.234 e. The topological polar surface area (TPSA) is 68.3 Å². The Balaban J connectivity index is 1.09. The van der Waals surface area contributed by atoms with Gasteiger partial charge < -0.3 is 0 Å². The predicted molar refractivity (Wildman–Crippen MR) is 206 cm³/mol. The average Bonchev–Trinajstić information content (AvgIpc) is 4.01. The molecule has 2 saturated carbocycles. The van der Waals surface area contributed by atoms with Crippen LogP contribution in [0.4, 0.5) is 0 Å². The fourth-order valence-electron chi connectivity index (χ4n) is 10.4. The monoisotopic (exact) mass is 720 g/mol. The zero-order chi connectivity index (χ0) is 34.2. The summed E-state index contributed by atoms with van der Waals surface area (Å²) in [5.74, 6) is -1.63. The highest BCUT2D eigenvalue weighted by Gasteiger charge is 2.56. The van der Waals surface area contributed by atoms with Gasteiger partial charge in [-0.3, -0.25) is 19.2 Å². The molecule has 0 amide bonds. The zero-order valence-electron chi connectivity index (χ0n) is 27.9. The van der Waals surface area contributed by atoms with E-state index in [1.54, 1.807) is 45.9 Å². The molecule has 3 heterocycles. The van der Waals surface area contributed by atoms with Gasteiger partial charge in [0, 0.05) is 62.4 Å². The zero-order valence-corrected chi connectivity index (χ0v) is 30.3. The first-order valence-electron chi connectivity index (χ1n) is 18.2. The molecule has 11 rings (SSSR count). The lowest BCUT2D eigenvalue weighted by Crippen LogP contribution is -2.34. The first-order chi connectivity index (χ1) is 24.9. The maximum Gasteiger partial charge on any atom is 0.234 e. The van der Waals surface area contributed by atoms with E-state index in [4.69, 9.17) is 0 Å². The molecule has 2 fully saturated rings. The molecule has 6 aliphatic rings. The second-order valence-corrected chi connectivity index (χ2v) is 18.3. The Morgan fingerprint density at radius 1 is 0.451 bits per heavy atom. The fourth-order valence-corrected chi connectivity index (χ4v) is 14.6. The van der Waals surface area contributed by atoms with Crippen molar-refractivity contribution in [2.45, 2.75) is 75.0 Å². The largest absolute Gasteiger partial charge is 0.285 e. The number of hydrogen-bond donors (Lipinski definition) is 0. The second kappa shape index (κ2) is 10.6. The summed E-state index contributed by atoms with van der Waals surface area (Å²) in [6.07, 6.45) is 15.8. The highest BCUT2D eigenvalue weighted by atomic mass is 32.1. The number of hydrogen-bond acceptors (Lipinski definition) is 7. The minimum atomic E-state index is -0.408. The van der Waals surface area contributed by atoms with E-state index >= 15 is 0 Å². The number of allylic oxidation sites excluding steroid dienone is 2. The van der Waals surface area contributed by atoms with Crippen molar-refractivity contribution < 1.29 is 19.2 Å². The Morgan fingerprint density at radius 3 is 1.25 bits per heavy atom. The molecule has 5 aromatic rings. The van der Waals surface area contributed by atoms with Gasteiger partial charge in [-0.15, -0.1) is 34.0 Å². The number of fused-ring (bicyclic) bond motifs is 13. The van der Waals surface area contributed by atoms with E-state index in [-0.39, 0.29) is 10.8 Å². The van der Waals surface area contributed by atoms with E-state index in [9.17, 15) is 19.2 Å². The van der Waals surface area contributed by atoms with Gasteiger partial charge >= 0.3 is 0 Å². The maximum absolute atomic E-state index is 13.2. The number of rotatable bonds is 2. The van der Waals surface area contributed by atoms with Crippen LogP contribution in [0.1, 0.15) is 128 Å². The van der Waals surface area contributed by atoms with Gasteiger partial charge in [0.15, 0.2) is 0 Å².